The van der Waals surface area contributed by atoms with E-state index >= 15 is 0 Å². The molecule has 2 amide bonds. The zero-order valence-corrected chi connectivity index (χ0v) is 11.8. The van der Waals surface area contributed by atoms with E-state index in [4.69, 9.17) is 9.84 Å². The monoisotopic (exact) mass is 260 g/mol. The maximum absolute atomic E-state index is 11.6. The number of hydrogen-bond acceptors (Lipinski definition) is 3. The molecular formula is C12H24N2O4. The van der Waals surface area contributed by atoms with Crippen molar-refractivity contribution in [1.82, 2.24) is 10.6 Å². The first-order valence-electron chi connectivity index (χ1n) is 6.02. The van der Waals surface area contributed by atoms with Crippen LogP contribution in [0.25, 0.3) is 0 Å². The van der Waals surface area contributed by atoms with Crippen molar-refractivity contribution in [3.63, 3.8) is 0 Å². The highest BCUT2D eigenvalue weighted by Gasteiger charge is 2.44. The Bertz CT molecular complexity index is 300. The number of aliphatic carboxylic acids is 1. The molecule has 6 heteroatoms. The van der Waals surface area contributed by atoms with Crippen molar-refractivity contribution in [1.29, 1.82) is 0 Å². The van der Waals surface area contributed by atoms with Crippen LogP contribution in [0.1, 0.15) is 34.6 Å². The van der Waals surface area contributed by atoms with E-state index in [2.05, 4.69) is 10.6 Å². The lowest BCUT2D eigenvalue weighted by Crippen LogP contribution is -2.59. The summed E-state index contributed by atoms with van der Waals surface area (Å²) in [5.41, 5.74) is -1.93. The van der Waals surface area contributed by atoms with Gasteiger partial charge in [-0.25, -0.2) is 4.79 Å². The topological polar surface area (TPSA) is 87.7 Å². The Kier molecular flexibility index (Phi) is 6.11. The lowest BCUT2D eigenvalue weighted by molar-refractivity contribution is -0.150. The molecule has 0 aromatic rings. The quantitative estimate of drug-likeness (QED) is 0.600. The molecule has 0 unspecified atom stereocenters. The highest BCUT2D eigenvalue weighted by Crippen LogP contribution is 2.30. The second kappa shape index (κ2) is 6.58. The zero-order chi connectivity index (χ0) is 14.4. The molecule has 0 aliphatic rings. The van der Waals surface area contributed by atoms with Crippen LogP contribution < -0.4 is 10.6 Å². The molecule has 0 aromatic heterocycles. The molecule has 0 aromatic carbocycles. The summed E-state index contributed by atoms with van der Waals surface area (Å²) >= 11 is 0. The van der Waals surface area contributed by atoms with E-state index in [1.54, 1.807) is 27.7 Å². The number of ether oxygens (including phenoxy) is 1. The number of amides is 2. The van der Waals surface area contributed by atoms with E-state index < -0.39 is 23.0 Å². The van der Waals surface area contributed by atoms with Gasteiger partial charge in [0.1, 0.15) is 0 Å². The first-order chi connectivity index (χ1) is 8.15. The van der Waals surface area contributed by atoms with Crippen LogP contribution in [-0.2, 0) is 9.53 Å². The number of hydrogen-bond donors (Lipinski definition) is 3. The van der Waals surface area contributed by atoms with Gasteiger partial charge in [-0.1, -0.05) is 0 Å². The van der Waals surface area contributed by atoms with E-state index in [9.17, 15) is 9.59 Å². The average Bonchev–Trinajstić information content (AvgIpc) is 2.23. The van der Waals surface area contributed by atoms with Crippen molar-refractivity contribution in [2.24, 2.45) is 5.41 Å². The molecule has 0 bridgehead atoms. The molecule has 0 aliphatic carbocycles. The molecule has 0 heterocycles. The lowest BCUT2D eigenvalue weighted by Gasteiger charge is -2.38. The molecule has 0 saturated heterocycles. The van der Waals surface area contributed by atoms with Crippen molar-refractivity contribution in [3.05, 3.63) is 0 Å². The van der Waals surface area contributed by atoms with Crippen LogP contribution in [0.5, 0.6) is 0 Å². The summed E-state index contributed by atoms with van der Waals surface area (Å²) in [5, 5.41) is 14.4. The van der Waals surface area contributed by atoms with Crippen molar-refractivity contribution in [2.75, 3.05) is 19.8 Å². The fourth-order valence-electron chi connectivity index (χ4n) is 1.13. The second-order valence-corrected chi connectivity index (χ2v) is 5.13. The predicted octanol–water partition coefficient (Wildman–Crippen LogP) is 1.21. The highest BCUT2D eigenvalue weighted by atomic mass is 16.5. The SMILES string of the molecule is CCOCCNC(=O)NC(C)(C)C(C)(C)C(=O)O. The molecule has 0 fully saturated rings. The molecule has 0 saturated carbocycles. The standard InChI is InChI=1S/C12H24N2O4/c1-6-18-8-7-13-10(17)14-12(4,5)11(2,3)9(15)16/h6-8H2,1-5H3,(H,15,16)(H2,13,14,17). The lowest BCUT2D eigenvalue weighted by atomic mass is 9.74. The van der Waals surface area contributed by atoms with Gasteiger partial charge in [-0.2, -0.15) is 0 Å². The Morgan fingerprint density at radius 3 is 2.22 bits per heavy atom. The van der Waals surface area contributed by atoms with Gasteiger partial charge in [0.15, 0.2) is 0 Å². The Balaban J connectivity index is 4.32. The number of rotatable bonds is 7. The third kappa shape index (κ3) is 4.52. The predicted molar refractivity (Wildman–Crippen MR) is 68.5 cm³/mol. The Morgan fingerprint density at radius 2 is 1.78 bits per heavy atom. The molecule has 106 valence electrons. The molecule has 0 radical (unpaired) electrons. The largest absolute Gasteiger partial charge is 0.481 e. The maximum atomic E-state index is 11.6. The van der Waals surface area contributed by atoms with Crippen LogP contribution in [0.4, 0.5) is 4.79 Å². The van der Waals surface area contributed by atoms with Crippen LogP contribution in [0.3, 0.4) is 0 Å². The fourth-order valence-corrected chi connectivity index (χ4v) is 1.13. The van der Waals surface area contributed by atoms with Crippen molar-refractivity contribution in [3.8, 4) is 0 Å². The Hall–Kier alpha value is -1.30. The van der Waals surface area contributed by atoms with Gasteiger partial charge in [0.25, 0.3) is 0 Å². The van der Waals surface area contributed by atoms with E-state index in [0.29, 0.717) is 19.8 Å². The van der Waals surface area contributed by atoms with E-state index in [0.717, 1.165) is 0 Å². The molecule has 3 N–H and O–H groups in total. The Morgan fingerprint density at radius 1 is 1.22 bits per heavy atom. The van der Waals surface area contributed by atoms with Crippen LogP contribution in [0.15, 0.2) is 0 Å². The first-order valence-corrected chi connectivity index (χ1v) is 6.02. The average molecular weight is 260 g/mol. The van der Waals surface area contributed by atoms with Gasteiger partial charge in [0, 0.05) is 13.2 Å². The Labute approximate surface area is 108 Å². The van der Waals surface area contributed by atoms with Crippen molar-refractivity contribution in [2.45, 2.75) is 40.2 Å². The number of nitrogens with one attached hydrogen (secondary N) is 2. The van der Waals surface area contributed by atoms with Crippen LogP contribution >= 0.6 is 0 Å². The smallest absolute Gasteiger partial charge is 0.315 e. The molecule has 18 heavy (non-hydrogen) atoms. The van der Waals surface area contributed by atoms with Gasteiger partial charge in [-0.05, 0) is 34.6 Å². The summed E-state index contributed by atoms with van der Waals surface area (Å²) in [6.07, 6.45) is 0. The first kappa shape index (κ1) is 16.7. The summed E-state index contributed by atoms with van der Waals surface area (Å²) < 4.78 is 5.08. The van der Waals surface area contributed by atoms with Crippen LogP contribution in [0.2, 0.25) is 0 Å². The number of carbonyl (C=O) groups excluding carboxylic acids is 1. The van der Waals surface area contributed by atoms with E-state index in [1.807, 2.05) is 6.92 Å². The molecule has 6 nitrogen and oxygen atoms in total. The molecular weight excluding hydrogens is 236 g/mol. The summed E-state index contributed by atoms with van der Waals surface area (Å²) in [6, 6.07) is -0.394. The summed E-state index contributed by atoms with van der Waals surface area (Å²) in [6.45, 7) is 9.83. The summed E-state index contributed by atoms with van der Waals surface area (Å²) in [4.78, 5) is 22.8. The van der Waals surface area contributed by atoms with Gasteiger partial charge < -0.3 is 20.5 Å². The molecule has 0 aliphatic heterocycles. The number of carboxylic acids is 1. The van der Waals surface area contributed by atoms with Crippen molar-refractivity contribution >= 4 is 12.0 Å². The minimum atomic E-state index is -1.07. The van der Waals surface area contributed by atoms with Gasteiger partial charge in [-0.3, -0.25) is 4.79 Å². The van der Waals surface area contributed by atoms with Gasteiger partial charge >= 0.3 is 12.0 Å². The zero-order valence-electron chi connectivity index (χ0n) is 11.8. The third-order valence-corrected chi connectivity index (χ3v) is 3.26. The summed E-state index contributed by atoms with van der Waals surface area (Å²) in [7, 11) is 0. The molecule has 0 spiro atoms. The van der Waals surface area contributed by atoms with Gasteiger partial charge in [0.2, 0.25) is 0 Å². The van der Waals surface area contributed by atoms with E-state index in [-0.39, 0.29) is 0 Å². The number of carboxylic acid groups (broad SMARTS) is 1. The fraction of sp³-hybridized carbons (Fsp3) is 0.833. The number of carbonyl (C=O) groups is 2. The second-order valence-electron chi connectivity index (χ2n) is 5.13. The number of urea groups is 1. The van der Waals surface area contributed by atoms with Crippen LogP contribution in [-0.4, -0.2) is 42.4 Å². The highest BCUT2D eigenvalue weighted by molar-refractivity contribution is 5.79. The maximum Gasteiger partial charge on any atom is 0.315 e. The van der Waals surface area contributed by atoms with E-state index in [1.165, 1.54) is 0 Å². The molecule has 0 rings (SSSR count). The summed E-state index contributed by atoms with van der Waals surface area (Å²) in [5.74, 6) is -0.956. The third-order valence-electron chi connectivity index (χ3n) is 3.26. The minimum absolute atomic E-state index is 0.392. The minimum Gasteiger partial charge on any atom is -0.481 e. The van der Waals surface area contributed by atoms with Crippen LogP contribution in [0, 0.1) is 5.41 Å². The van der Waals surface area contributed by atoms with Crippen molar-refractivity contribution < 1.29 is 19.4 Å². The molecule has 0 atom stereocenters. The normalized spacial score (nSPS) is 12.1. The van der Waals surface area contributed by atoms with Gasteiger partial charge in [-0.15, -0.1) is 0 Å². The van der Waals surface area contributed by atoms with Gasteiger partial charge in [0.05, 0.1) is 17.6 Å².